The van der Waals surface area contributed by atoms with Crippen molar-refractivity contribution >= 4 is 0 Å². The predicted octanol–water partition coefficient (Wildman–Crippen LogP) is 2.81. The van der Waals surface area contributed by atoms with Crippen molar-refractivity contribution in [2.45, 2.75) is 33.0 Å². The van der Waals surface area contributed by atoms with Crippen molar-refractivity contribution in [3.8, 4) is 11.5 Å². The number of hydrogen-bond donors (Lipinski definition) is 1. The van der Waals surface area contributed by atoms with Gasteiger partial charge in [-0.1, -0.05) is 12.1 Å². The largest absolute Gasteiger partial charge is 0.490 e. The molecule has 0 saturated carbocycles. The van der Waals surface area contributed by atoms with Gasteiger partial charge in [-0.2, -0.15) is 8.78 Å². The molecule has 1 unspecified atom stereocenters. The molecule has 114 valence electrons. The van der Waals surface area contributed by atoms with Crippen molar-refractivity contribution in [3.05, 3.63) is 23.8 Å². The van der Waals surface area contributed by atoms with E-state index in [1.165, 1.54) is 0 Å². The fourth-order valence-electron chi connectivity index (χ4n) is 1.79. The fraction of sp³-hybridized carbons (Fsp3) is 0.571. The number of halogens is 2. The van der Waals surface area contributed by atoms with Crippen molar-refractivity contribution < 1.29 is 23.0 Å². The summed E-state index contributed by atoms with van der Waals surface area (Å²) in [5, 5.41) is 3.18. The van der Waals surface area contributed by atoms with Crippen LogP contribution in [0.25, 0.3) is 0 Å². The minimum absolute atomic E-state index is 0.0847. The van der Waals surface area contributed by atoms with Crippen LogP contribution in [-0.2, 0) is 11.3 Å². The van der Waals surface area contributed by atoms with Crippen LogP contribution in [-0.4, -0.2) is 33.0 Å². The lowest BCUT2D eigenvalue weighted by atomic mass is 10.1. The lowest BCUT2D eigenvalue weighted by Gasteiger charge is -2.17. The SMILES string of the molecule is CCOc1cccc(CNC(C)COC)c1OC(F)F. The molecule has 4 nitrogen and oxygen atoms in total. The predicted molar refractivity (Wildman–Crippen MR) is 72.4 cm³/mol. The van der Waals surface area contributed by atoms with Gasteiger partial charge >= 0.3 is 6.61 Å². The van der Waals surface area contributed by atoms with Crippen LogP contribution in [0.1, 0.15) is 19.4 Å². The van der Waals surface area contributed by atoms with E-state index in [4.69, 9.17) is 9.47 Å². The summed E-state index contributed by atoms with van der Waals surface area (Å²) in [4.78, 5) is 0. The molecule has 0 heterocycles. The minimum atomic E-state index is -2.88. The van der Waals surface area contributed by atoms with Crippen LogP contribution in [0.4, 0.5) is 8.78 Å². The van der Waals surface area contributed by atoms with E-state index in [1.54, 1.807) is 32.2 Å². The summed E-state index contributed by atoms with van der Waals surface area (Å²) in [6.45, 7) is 2.17. The first kappa shape index (κ1) is 16.7. The third-order valence-electron chi connectivity index (χ3n) is 2.62. The van der Waals surface area contributed by atoms with E-state index in [0.717, 1.165) is 0 Å². The molecule has 6 heteroatoms. The zero-order valence-corrected chi connectivity index (χ0v) is 12.0. The van der Waals surface area contributed by atoms with Gasteiger partial charge in [-0.25, -0.2) is 0 Å². The van der Waals surface area contributed by atoms with Gasteiger partial charge in [0.15, 0.2) is 11.5 Å². The molecular formula is C14H21F2NO3. The van der Waals surface area contributed by atoms with Crippen LogP contribution in [0, 0.1) is 0 Å². The molecule has 1 N–H and O–H groups in total. The molecule has 0 fully saturated rings. The summed E-state index contributed by atoms with van der Waals surface area (Å²) in [5.41, 5.74) is 0.624. The van der Waals surface area contributed by atoms with E-state index >= 15 is 0 Å². The van der Waals surface area contributed by atoms with Gasteiger partial charge < -0.3 is 19.5 Å². The van der Waals surface area contributed by atoms with E-state index in [2.05, 4.69) is 10.1 Å². The minimum Gasteiger partial charge on any atom is -0.490 e. The Labute approximate surface area is 118 Å². The highest BCUT2D eigenvalue weighted by molar-refractivity contribution is 5.46. The standard InChI is InChI=1S/C14H21F2NO3/c1-4-19-12-7-5-6-11(13(12)20-14(15)16)8-17-10(2)9-18-3/h5-7,10,14,17H,4,8-9H2,1-3H3. The highest BCUT2D eigenvalue weighted by Crippen LogP contribution is 2.32. The normalized spacial score (nSPS) is 12.5. The van der Waals surface area contributed by atoms with E-state index < -0.39 is 6.61 Å². The van der Waals surface area contributed by atoms with Gasteiger partial charge in [0.25, 0.3) is 0 Å². The van der Waals surface area contributed by atoms with Crippen LogP contribution >= 0.6 is 0 Å². The Kier molecular flexibility index (Phi) is 7.25. The van der Waals surface area contributed by atoms with Gasteiger partial charge in [0.1, 0.15) is 0 Å². The number of alkyl halides is 2. The molecular weight excluding hydrogens is 268 g/mol. The zero-order chi connectivity index (χ0) is 15.0. The van der Waals surface area contributed by atoms with Crippen LogP contribution < -0.4 is 14.8 Å². The summed E-state index contributed by atoms with van der Waals surface area (Å²) in [6, 6.07) is 5.20. The maximum absolute atomic E-state index is 12.5. The van der Waals surface area contributed by atoms with E-state index in [-0.39, 0.29) is 11.8 Å². The second-order valence-electron chi connectivity index (χ2n) is 4.29. The molecule has 1 aromatic rings. The number of rotatable bonds is 9. The Morgan fingerprint density at radius 3 is 2.65 bits per heavy atom. The lowest BCUT2D eigenvalue weighted by molar-refractivity contribution is -0.0521. The third-order valence-corrected chi connectivity index (χ3v) is 2.62. The van der Waals surface area contributed by atoms with Gasteiger partial charge in [-0.05, 0) is 19.9 Å². The van der Waals surface area contributed by atoms with Gasteiger partial charge in [0, 0.05) is 25.3 Å². The second-order valence-corrected chi connectivity index (χ2v) is 4.29. The highest BCUT2D eigenvalue weighted by Gasteiger charge is 2.16. The summed E-state index contributed by atoms with van der Waals surface area (Å²) >= 11 is 0. The number of benzene rings is 1. The fourth-order valence-corrected chi connectivity index (χ4v) is 1.79. The molecule has 0 aliphatic rings. The Morgan fingerprint density at radius 1 is 1.30 bits per heavy atom. The smallest absolute Gasteiger partial charge is 0.387 e. The number of nitrogens with one attached hydrogen (secondary N) is 1. The van der Waals surface area contributed by atoms with Crippen molar-refractivity contribution in [1.29, 1.82) is 0 Å². The molecule has 0 bridgehead atoms. The Balaban J connectivity index is 2.84. The topological polar surface area (TPSA) is 39.7 Å². The van der Waals surface area contributed by atoms with Crippen molar-refractivity contribution in [2.75, 3.05) is 20.3 Å². The summed E-state index contributed by atoms with van der Waals surface area (Å²) in [6.07, 6.45) is 0. The maximum atomic E-state index is 12.5. The van der Waals surface area contributed by atoms with Gasteiger partial charge in [0.05, 0.1) is 13.2 Å². The third kappa shape index (κ3) is 5.30. The van der Waals surface area contributed by atoms with E-state index in [9.17, 15) is 8.78 Å². The number of methoxy groups -OCH3 is 1. The summed E-state index contributed by atoms with van der Waals surface area (Å²) in [7, 11) is 1.61. The average Bonchev–Trinajstić information content (AvgIpc) is 2.39. The Hall–Kier alpha value is -1.40. The number of hydrogen-bond acceptors (Lipinski definition) is 4. The molecule has 0 amide bonds. The van der Waals surface area contributed by atoms with Crippen molar-refractivity contribution in [3.63, 3.8) is 0 Å². The Morgan fingerprint density at radius 2 is 2.05 bits per heavy atom. The molecule has 0 radical (unpaired) electrons. The monoisotopic (exact) mass is 289 g/mol. The van der Waals surface area contributed by atoms with Gasteiger partial charge in [0.2, 0.25) is 0 Å². The van der Waals surface area contributed by atoms with Gasteiger partial charge in [-0.15, -0.1) is 0 Å². The Bertz CT molecular complexity index is 402. The maximum Gasteiger partial charge on any atom is 0.387 e. The van der Waals surface area contributed by atoms with Gasteiger partial charge in [-0.3, -0.25) is 0 Å². The first-order valence-electron chi connectivity index (χ1n) is 6.50. The summed E-state index contributed by atoms with van der Waals surface area (Å²) < 4.78 is 40.0. The molecule has 0 spiro atoms. The molecule has 0 aromatic heterocycles. The van der Waals surface area contributed by atoms with E-state index in [0.29, 0.717) is 31.1 Å². The van der Waals surface area contributed by atoms with Crippen LogP contribution in [0.3, 0.4) is 0 Å². The first-order chi connectivity index (χ1) is 9.58. The first-order valence-corrected chi connectivity index (χ1v) is 6.50. The molecule has 0 aliphatic carbocycles. The van der Waals surface area contributed by atoms with Crippen molar-refractivity contribution in [1.82, 2.24) is 5.32 Å². The average molecular weight is 289 g/mol. The second kappa shape index (κ2) is 8.71. The highest BCUT2D eigenvalue weighted by atomic mass is 19.3. The molecule has 1 rings (SSSR count). The summed E-state index contributed by atoms with van der Waals surface area (Å²) in [5.74, 6) is 0.410. The molecule has 0 aliphatic heterocycles. The lowest BCUT2D eigenvalue weighted by Crippen LogP contribution is -2.29. The molecule has 1 atom stereocenters. The molecule has 20 heavy (non-hydrogen) atoms. The van der Waals surface area contributed by atoms with Crippen LogP contribution in [0.15, 0.2) is 18.2 Å². The van der Waals surface area contributed by atoms with Crippen LogP contribution in [0.5, 0.6) is 11.5 Å². The van der Waals surface area contributed by atoms with Crippen LogP contribution in [0.2, 0.25) is 0 Å². The zero-order valence-electron chi connectivity index (χ0n) is 12.0. The molecule has 1 aromatic carbocycles. The van der Waals surface area contributed by atoms with Crippen molar-refractivity contribution in [2.24, 2.45) is 0 Å². The molecule has 0 saturated heterocycles. The number of ether oxygens (including phenoxy) is 3. The quantitative estimate of drug-likeness (QED) is 0.759. The van der Waals surface area contributed by atoms with E-state index in [1.807, 2.05) is 6.92 Å². The number of para-hydroxylation sites is 1.